The Morgan fingerprint density at radius 1 is 1.41 bits per heavy atom. The van der Waals surface area contributed by atoms with E-state index in [4.69, 9.17) is 0 Å². The van der Waals surface area contributed by atoms with Crippen molar-refractivity contribution in [1.82, 2.24) is 0 Å². The zero-order valence-corrected chi connectivity index (χ0v) is 11.2. The van der Waals surface area contributed by atoms with Gasteiger partial charge in [0.15, 0.2) is 0 Å². The van der Waals surface area contributed by atoms with Gasteiger partial charge in [-0.05, 0) is 50.3 Å². The summed E-state index contributed by atoms with van der Waals surface area (Å²) < 4.78 is 0. The third kappa shape index (κ3) is 4.48. The van der Waals surface area contributed by atoms with E-state index in [1.54, 1.807) is 0 Å². The molecular weight excluding hydrogens is 208 g/mol. The molecule has 0 aliphatic heterocycles. The van der Waals surface area contributed by atoms with Gasteiger partial charge in [0.25, 0.3) is 0 Å². The molecular formula is C15H22N2. The molecule has 0 radical (unpaired) electrons. The van der Waals surface area contributed by atoms with Crippen LogP contribution in [0.25, 0.3) is 0 Å². The summed E-state index contributed by atoms with van der Waals surface area (Å²) >= 11 is 0. The average molecular weight is 230 g/mol. The number of nitrogens with one attached hydrogen (secondary N) is 1. The molecule has 0 saturated carbocycles. The molecule has 0 bridgehead atoms. The van der Waals surface area contributed by atoms with Gasteiger partial charge in [-0.15, -0.1) is 0 Å². The first-order valence-electron chi connectivity index (χ1n) is 6.21. The minimum atomic E-state index is -0.474. The van der Waals surface area contributed by atoms with Gasteiger partial charge in [-0.2, -0.15) is 5.26 Å². The lowest BCUT2D eigenvalue weighted by Crippen LogP contribution is -2.33. The van der Waals surface area contributed by atoms with Gasteiger partial charge >= 0.3 is 0 Å². The molecule has 2 heteroatoms. The maximum Gasteiger partial charge on any atom is 0.122 e. The Morgan fingerprint density at radius 2 is 2.12 bits per heavy atom. The second kappa shape index (κ2) is 5.72. The molecule has 1 rings (SSSR count). The van der Waals surface area contributed by atoms with E-state index in [0.717, 1.165) is 18.5 Å². The van der Waals surface area contributed by atoms with Crippen LogP contribution < -0.4 is 5.32 Å². The summed E-state index contributed by atoms with van der Waals surface area (Å²) in [7, 11) is 0. The Kier molecular flexibility index (Phi) is 4.57. The van der Waals surface area contributed by atoms with E-state index >= 15 is 0 Å². The Bertz CT molecular complexity index is 404. The number of aryl methyl sites for hydroxylation is 1. The van der Waals surface area contributed by atoms with E-state index in [9.17, 15) is 5.26 Å². The number of rotatable bonds is 5. The predicted octanol–water partition coefficient (Wildman–Crippen LogP) is 4.13. The van der Waals surface area contributed by atoms with Gasteiger partial charge in [0, 0.05) is 5.69 Å². The number of benzene rings is 1. The molecule has 92 valence electrons. The summed E-state index contributed by atoms with van der Waals surface area (Å²) in [6, 6.07) is 10.5. The standard InChI is InChI=1S/C15H22N2/c1-12(2)8-9-15(4,11-16)17-14-7-5-6-13(3)10-14/h5-7,10,12,17H,8-9H2,1-4H3. The summed E-state index contributed by atoms with van der Waals surface area (Å²) in [5.74, 6) is 0.627. The van der Waals surface area contributed by atoms with Gasteiger partial charge in [0.1, 0.15) is 5.54 Å². The lowest BCUT2D eigenvalue weighted by Gasteiger charge is -2.25. The fourth-order valence-corrected chi connectivity index (χ4v) is 1.77. The van der Waals surface area contributed by atoms with E-state index in [1.165, 1.54) is 5.56 Å². The van der Waals surface area contributed by atoms with Crippen molar-refractivity contribution < 1.29 is 0 Å². The van der Waals surface area contributed by atoms with Crippen molar-refractivity contribution in [3.05, 3.63) is 29.8 Å². The SMILES string of the molecule is Cc1cccc(NC(C)(C#N)CCC(C)C)c1. The summed E-state index contributed by atoms with van der Waals surface area (Å²) in [6.45, 7) is 8.40. The van der Waals surface area contributed by atoms with Crippen molar-refractivity contribution in [2.45, 2.75) is 46.1 Å². The van der Waals surface area contributed by atoms with Crippen LogP contribution >= 0.6 is 0 Å². The number of nitrogens with zero attached hydrogens (tertiary/aromatic N) is 1. The predicted molar refractivity (Wildman–Crippen MR) is 72.9 cm³/mol. The molecule has 1 aromatic carbocycles. The number of hydrogen-bond donors (Lipinski definition) is 1. The lowest BCUT2D eigenvalue weighted by atomic mass is 9.93. The van der Waals surface area contributed by atoms with E-state index in [-0.39, 0.29) is 0 Å². The van der Waals surface area contributed by atoms with Crippen LogP contribution in [0.15, 0.2) is 24.3 Å². The largest absolute Gasteiger partial charge is 0.368 e. The molecule has 0 heterocycles. The van der Waals surface area contributed by atoms with Crippen molar-refractivity contribution in [2.75, 3.05) is 5.32 Å². The van der Waals surface area contributed by atoms with Crippen LogP contribution in [0.3, 0.4) is 0 Å². The van der Waals surface area contributed by atoms with Gasteiger partial charge in [0.05, 0.1) is 6.07 Å². The van der Waals surface area contributed by atoms with Crippen LogP contribution in [-0.2, 0) is 0 Å². The quantitative estimate of drug-likeness (QED) is 0.825. The number of anilines is 1. The van der Waals surface area contributed by atoms with Crippen LogP contribution in [0.2, 0.25) is 0 Å². The van der Waals surface area contributed by atoms with Crippen molar-refractivity contribution in [3.63, 3.8) is 0 Å². The molecule has 0 aromatic heterocycles. The van der Waals surface area contributed by atoms with Crippen molar-refractivity contribution >= 4 is 5.69 Å². The Morgan fingerprint density at radius 3 is 2.65 bits per heavy atom. The maximum absolute atomic E-state index is 9.32. The molecule has 1 atom stereocenters. The molecule has 1 unspecified atom stereocenters. The fraction of sp³-hybridized carbons (Fsp3) is 0.533. The molecule has 1 N–H and O–H groups in total. The van der Waals surface area contributed by atoms with Crippen LogP contribution in [0.1, 0.15) is 39.2 Å². The van der Waals surface area contributed by atoms with Crippen LogP contribution in [0.5, 0.6) is 0 Å². The topological polar surface area (TPSA) is 35.8 Å². The Balaban J connectivity index is 2.72. The molecule has 0 fully saturated rings. The minimum Gasteiger partial charge on any atom is -0.368 e. The first-order valence-corrected chi connectivity index (χ1v) is 6.21. The fourth-order valence-electron chi connectivity index (χ4n) is 1.77. The van der Waals surface area contributed by atoms with Gasteiger partial charge in [-0.3, -0.25) is 0 Å². The average Bonchev–Trinajstić information content (AvgIpc) is 2.26. The maximum atomic E-state index is 9.32. The summed E-state index contributed by atoms with van der Waals surface area (Å²) in [5, 5.41) is 12.7. The van der Waals surface area contributed by atoms with Crippen molar-refractivity contribution in [3.8, 4) is 6.07 Å². The lowest BCUT2D eigenvalue weighted by molar-refractivity contribution is 0.479. The van der Waals surface area contributed by atoms with Crippen LogP contribution in [-0.4, -0.2) is 5.54 Å². The van der Waals surface area contributed by atoms with Crippen molar-refractivity contribution in [1.29, 1.82) is 5.26 Å². The summed E-state index contributed by atoms with van der Waals surface area (Å²) in [4.78, 5) is 0. The Hall–Kier alpha value is -1.49. The van der Waals surface area contributed by atoms with E-state index < -0.39 is 5.54 Å². The highest BCUT2D eigenvalue weighted by Crippen LogP contribution is 2.22. The molecule has 17 heavy (non-hydrogen) atoms. The number of nitriles is 1. The normalized spacial score (nSPS) is 14.1. The van der Waals surface area contributed by atoms with Crippen LogP contribution in [0.4, 0.5) is 5.69 Å². The molecule has 0 aliphatic carbocycles. The van der Waals surface area contributed by atoms with Gasteiger partial charge in [-0.1, -0.05) is 26.0 Å². The minimum absolute atomic E-state index is 0.474. The summed E-state index contributed by atoms with van der Waals surface area (Å²) in [5.41, 5.74) is 1.76. The first kappa shape index (κ1) is 13.6. The second-order valence-corrected chi connectivity index (χ2v) is 5.37. The molecule has 0 spiro atoms. The van der Waals surface area contributed by atoms with E-state index in [0.29, 0.717) is 5.92 Å². The molecule has 2 nitrogen and oxygen atoms in total. The summed E-state index contributed by atoms with van der Waals surface area (Å²) in [6.07, 6.45) is 1.93. The van der Waals surface area contributed by atoms with Gasteiger partial charge < -0.3 is 5.32 Å². The highest BCUT2D eigenvalue weighted by molar-refractivity contribution is 5.49. The smallest absolute Gasteiger partial charge is 0.122 e. The zero-order chi connectivity index (χ0) is 12.9. The first-order chi connectivity index (χ1) is 7.95. The van der Waals surface area contributed by atoms with E-state index in [2.05, 4.69) is 44.3 Å². The van der Waals surface area contributed by atoms with Gasteiger partial charge in [-0.25, -0.2) is 0 Å². The van der Waals surface area contributed by atoms with E-state index in [1.807, 2.05) is 19.1 Å². The molecule has 0 amide bonds. The second-order valence-electron chi connectivity index (χ2n) is 5.37. The molecule has 0 aliphatic rings. The molecule has 1 aromatic rings. The van der Waals surface area contributed by atoms with Crippen LogP contribution in [0, 0.1) is 24.2 Å². The number of hydrogen-bond acceptors (Lipinski definition) is 2. The monoisotopic (exact) mass is 230 g/mol. The third-order valence-corrected chi connectivity index (χ3v) is 2.91. The third-order valence-electron chi connectivity index (χ3n) is 2.91. The highest BCUT2D eigenvalue weighted by atomic mass is 15.0. The van der Waals surface area contributed by atoms with Crippen molar-refractivity contribution in [2.24, 2.45) is 5.92 Å². The highest BCUT2D eigenvalue weighted by Gasteiger charge is 2.23. The molecule has 0 saturated heterocycles. The van der Waals surface area contributed by atoms with Gasteiger partial charge in [0.2, 0.25) is 0 Å². The Labute approximate surface area is 105 Å². The zero-order valence-electron chi connectivity index (χ0n) is 11.2.